The first-order valence-electron chi connectivity index (χ1n) is 11.8. The topological polar surface area (TPSA) is 153 Å². The lowest BCUT2D eigenvalue weighted by Crippen LogP contribution is -2.30. The summed E-state index contributed by atoms with van der Waals surface area (Å²) in [5, 5.41) is 30.5. The number of ether oxygens (including phenoxy) is 1. The molecule has 10 nitrogen and oxygen atoms in total. The lowest BCUT2D eigenvalue weighted by atomic mass is 9.95. The van der Waals surface area contributed by atoms with Gasteiger partial charge >= 0.3 is 11.9 Å². The van der Waals surface area contributed by atoms with Crippen LogP contribution in [0.5, 0.6) is 11.5 Å². The van der Waals surface area contributed by atoms with Crippen molar-refractivity contribution in [1.82, 2.24) is 9.97 Å². The number of imidazole rings is 1. The number of benzene rings is 3. The summed E-state index contributed by atoms with van der Waals surface area (Å²) in [5.41, 5.74) is 2.11. The second-order valence-electron chi connectivity index (χ2n) is 8.77. The first kappa shape index (κ1) is 24.6. The van der Waals surface area contributed by atoms with E-state index in [2.05, 4.69) is 9.97 Å². The fourth-order valence-electron chi connectivity index (χ4n) is 4.54. The summed E-state index contributed by atoms with van der Waals surface area (Å²) in [7, 11) is 0. The van der Waals surface area contributed by atoms with Gasteiger partial charge in [0, 0.05) is 5.56 Å². The standard InChI is InChI=1S/C28H23N3O7/c1-3-38-21-11-7-16(12-14(21)2)24(33)22-23(15-4-8-18(32)9-5-15)31(26(35)25(22)34)28-29-19-10-6-17(27(36)37)13-20(19)30-28/h4-13,23,32-33H,3H2,1-2H3,(H,29,30)(H,36,37)/b24-22+. The van der Waals surface area contributed by atoms with Crippen molar-refractivity contribution >= 4 is 40.4 Å². The molecule has 0 saturated carbocycles. The smallest absolute Gasteiger partial charge is 0.335 e. The molecule has 1 aliphatic rings. The van der Waals surface area contributed by atoms with Crippen LogP contribution in [0, 0.1) is 6.92 Å². The number of rotatable bonds is 6. The van der Waals surface area contributed by atoms with E-state index in [0.29, 0.717) is 34.5 Å². The molecule has 4 aromatic rings. The fraction of sp³-hybridized carbons (Fsp3) is 0.143. The van der Waals surface area contributed by atoms with E-state index in [1.54, 1.807) is 37.3 Å². The number of aromatic hydroxyl groups is 1. The summed E-state index contributed by atoms with van der Waals surface area (Å²) in [6.45, 7) is 4.12. The van der Waals surface area contributed by atoms with Gasteiger partial charge in [0.2, 0.25) is 5.95 Å². The lowest BCUT2D eigenvalue weighted by Gasteiger charge is -2.23. The molecule has 1 atom stereocenters. The summed E-state index contributed by atoms with van der Waals surface area (Å²) in [6, 6.07) is 14.0. The van der Waals surface area contributed by atoms with Gasteiger partial charge < -0.3 is 25.0 Å². The Hall–Kier alpha value is -5.12. The highest BCUT2D eigenvalue weighted by Gasteiger charge is 2.48. The van der Waals surface area contributed by atoms with Crippen molar-refractivity contribution in [3.8, 4) is 11.5 Å². The van der Waals surface area contributed by atoms with E-state index in [0.717, 1.165) is 10.5 Å². The van der Waals surface area contributed by atoms with E-state index in [9.17, 15) is 29.7 Å². The number of fused-ring (bicyclic) bond motifs is 1. The highest BCUT2D eigenvalue weighted by atomic mass is 16.5. The minimum Gasteiger partial charge on any atom is -0.508 e. The third-order valence-corrected chi connectivity index (χ3v) is 6.35. The Morgan fingerprint density at radius 1 is 1.03 bits per heavy atom. The molecule has 0 spiro atoms. The molecule has 192 valence electrons. The summed E-state index contributed by atoms with van der Waals surface area (Å²) < 4.78 is 5.56. The Labute approximate surface area is 216 Å². The van der Waals surface area contributed by atoms with Crippen molar-refractivity contribution in [3.63, 3.8) is 0 Å². The number of ketones is 1. The van der Waals surface area contributed by atoms with Gasteiger partial charge in [-0.05, 0) is 73.5 Å². The van der Waals surface area contributed by atoms with Gasteiger partial charge in [0.1, 0.15) is 17.3 Å². The van der Waals surface area contributed by atoms with E-state index in [1.165, 1.54) is 30.3 Å². The third-order valence-electron chi connectivity index (χ3n) is 6.35. The minimum atomic E-state index is -1.13. The summed E-state index contributed by atoms with van der Waals surface area (Å²) in [6.07, 6.45) is 0. The molecule has 10 heteroatoms. The highest BCUT2D eigenvalue weighted by Crippen LogP contribution is 2.42. The van der Waals surface area contributed by atoms with Crippen LogP contribution < -0.4 is 9.64 Å². The molecule has 3 aromatic carbocycles. The van der Waals surface area contributed by atoms with Gasteiger partial charge in [-0.15, -0.1) is 0 Å². The van der Waals surface area contributed by atoms with Crippen molar-refractivity contribution in [2.45, 2.75) is 19.9 Å². The molecule has 1 aliphatic heterocycles. The highest BCUT2D eigenvalue weighted by molar-refractivity contribution is 6.51. The number of phenols is 1. The largest absolute Gasteiger partial charge is 0.508 e. The summed E-state index contributed by atoms with van der Waals surface area (Å²) >= 11 is 0. The summed E-state index contributed by atoms with van der Waals surface area (Å²) in [5.74, 6) is -2.73. The zero-order chi connectivity index (χ0) is 27.1. The zero-order valence-electron chi connectivity index (χ0n) is 20.4. The molecule has 4 N–H and O–H groups in total. The third kappa shape index (κ3) is 4.11. The normalized spacial score (nSPS) is 16.8. The van der Waals surface area contributed by atoms with Gasteiger partial charge in [0.25, 0.3) is 5.78 Å². The number of carbonyl (C=O) groups is 3. The molecule has 1 unspecified atom stereocenters. The number of aliphatic hydroxyl groups is 1. The van der Waals surface area contributed by atoms with Gasteiger partial charge in [-0.1, -0.05) is 12.1 Å². The van der Waals surface area contributed by atoms with E-state index in [4.69, 9.17) is 4.74 Å². The number of amides is 1. The second kappa shape index (κ2) is 9.40. The van der Waals surface area contributed by atoms with E-state index in [-0.39, 0.29) is 28.6 Å². The molecule has 0 radical (unpaired) electrons. The molecule has 5 rings (SSSR count). The molecule has 1 saturated heterocycles. The first-order chi connectivity index (χ1) is 18.2. The quantitative estimate of drug-likeness (QED) is 0.169. The number of aromatic carboxylic acids is 1. The number of aryl methyl sites for hydroxylation is 1. The SMILES string of the molecule is CCOc1ccc(/C(O)=C2\C(=O)C(=O)N(c3nc4ccc(C(=O)O)cc4[nH]3)C2c2ccc(O)cc2)cc1C. The van der Waals surface area contributed by atoms with Gasteiger partial charge in [-0.2, -0.15) is 0 Å². The Morgan fingerprint density at radius 2 is 1.74 bits per heavy atom. The number of carbonyl (C=O) groups excluding carboxylic acids is 2. The molecule has 0 aliphatic carbocycles. The van der Waals surface area contributed by atoms with Crippen molar-refractivity contribution < 1.29 is 34.4 Å². The number of carboxylic acid groups (broad SMARTS) is 1. The van der Waals surface area contributed by atoms with Gasteiger partial charge in [-0.25, -0.2) is 9.78 Å². The van der Waals surface area contributed by atoms with Gasteiger partial charge in [-0.3, -0.25) is 14.5 Å². The molecule has 1 amide bonds. The van der Waals surface area contributed by atoms with Crippen LogP contribution >= 0.6 is 0 Å². The molecule has 0 bridgehead atoms. The average Bonchev–Trinajstić information content (AvgIpc) is 3.43. The Morgan fingerprint density at radius 3 is 2.39 bits per heavy atom. The maximum Gasteiger partial charge on any atom is 0.335 e. The number of aromatic amines is 1. The van der Waals surface area contributed by atoms with Crippen molar-refractivity contribution in [2.24, 2.45) is 0 Å². The van der Waals surface area contributed by atoms with Crippen LogP contribution in [-0.2, 0) is 9.59 Å². The number of aromatic nitrogens is 2. The number of hydrogen-bond donors (Lipinski definition) is 4. The van der Waals surface area contributed by atoms with Crippen LogP contribution in [0.1, 0.15) is 40.0 Å². The van der Waals surface area contributed by atoms with E-state index in [1.807, 2.05) is 6.92 Å². The monoisotopic (exact) mass is 513 g/mol. The predicted octanol–water partition coefficient (Wildman–Crippen LogP) is 4.30. The molecule has 38 heavy (non-hydrogen) atoms. The van der Waals surface area contributed by atoms with Crippen LogP contribution in [0.15, 0.2) is 66.2 Å². The van der Waals surface area contributed by atoms with Gasteiger partial charge in [0.15, 0.2) is 0 Å². The number of aliphatic hydroxyl groups excluding tert-OH is 1. The second-order valence-corrected chi connectivity index (χ2v) is 8.77. The number of anilines is 1. The number of carboxylic acids is 1. The maximum atomic E-state index is 13.4. The summed E-state index contributed by atoms with van der Waals surface area (Å²) in [4.78, 5) is 46.6. The molecular weight excluding hydrogens is 490 g/mol. The average molecular weight is 514 g/mol. The number of H-pyrrole nitrogens is 1. The number of phenolic OH excluding ortho intramolecular Hbond substituents is 1. The van der Waals surface area contributed by atoms with Crippen molar-refractivity contribution in [3.05, 3.63) is 88.5 Å². The minimum absolute atomic E-state index is 0.00429. The number of Topliss-reactive ketones (excluding diaryl/α,β-unsaturated/α-hetero) is 1. The Balaban J connectivity index is 1.69. The van der Waals surface area contributed by atoms with Crippen LogP contribution in [0.3, 0.4) is 0 Å². The van der Waals surface area contributed by atoms with Crippen molar-refractivity contribution in [2.75, 3.05) is 11.5 Å². The van der Waals surface area contributed by atoms with Crippen molar-refractivity contribution in [1.29, 1.82) is 0 Å². The number of hydrogen-bond acceptors (Lipinski definition) is 7. The Kier molecular flexibility index (Phi) is 6.08. The molecule has 1 fully saturated rings. The Bertz CT molecular complexity index is 1640. The van der Waals surface area contributed by atoms with Crippen LogP contribution in [0.2, 0.25) is 0 Å². The van der Waals surface area contributed by atoms with E-state index >= 15 is 0 Å². The van der Waals surface area contributed by atoms with Crippen LogP contribution in [0.25, 0.3) is 16.8 Å². The molecule has 1 aromatic heterocycles. The number of nitrogens with zero attached hydrogens (tertiary/aromatic N) is 2. The molecular formula is C28H23N3O7. The predicted molar refractivity (Wildman–Crippen MR) is 138 cm³/mol. The maximum absolute atomic E-state index is 13.4. The molecule has 2 heterocycles. The number of nitrogens with one attached hydrogen (secondary N) is 1. The van der Waals surface area contributed by atoms with Gasteiger partial charge in [0.05, 0.1) is 34.8 Å². The first-order valence-corrected chi connectivity index (χ1v) is 11.8. The van der Waals surface area contributed by atoms with E-state index < -0.39 is 23.7 Å². The van der Waals surface area contributed by atoms with Crippen LogP contribution in [-0.4, -0.2) is 49.6 Å². The zero-order valence-corrected chi connectivity index (χ0v) is 20.4. The fourth-order valence-corrected chi connectivity index (χ4v) is 4.54. The lowest BCUT2D eigenvalue weighted by molar-refractivity contribution is -0.132. The van der Waals surface area contributed by atoms with Crippen LogP contribution in [0.4, 0.5) is 5.95 Å².